The number of anilines is 1. The number of halogens is 1. The maximum Gasteiger partial charge on any atom is 0.266 e. The molecule has 1 amide bonds. The van der Waals surface area contributed by atoms with Crippen molar-refractivity contribution in [2.75, 3.05) is 25.9 Å². The van der Waals surface area contributed by atoms with Crippen molar-refractivity contribution in [2.24, 2.45) is 0 Å². The standard InChI is InChI=1S/C19H19ClN4O2S/c1-10-11(2)22-23-17-14(10)15(21)16(27-17)18(25)24-8-19(9-24,26-3)12-4-6-13(20)7-5-12/h4-7H,8-9,21H2,1-3H3. The Kier molecular flexibility index (Phi) is 4.33. The molecule has 27 heavy (non-hydrogen) atoms. The zero-order valence-electron chi connectivity index (χ0n) is 15.2. The number of nitrogen functional groups attached to an aromatic ring is 1. The Bertz CT molecular complexity index is 1040. The van der Waals surface area contributed by atoms with Gasteiger partial charge in [-0.2, -0.15) is 5.10 Å². The Hall–Kier alpha value is -2.22. The van der Waals surface area contributed by atoms with Gasteiger partial charge in [0.15, 0.2) is 0 Å². The molecule has 3 aromatic rings. The number of aryl methyl sites for hydroxylation is 2. The van der Waals surface area contributed by atoms with Gasteiger partial charge >= 0.3 is 0 Å². The first-order valence-corrected chi connectivity index (χ1v) is 9.68. The lowest BCUT2D eigenvalue weighted by Gasteiger charge is -2.49. The zero-order chi connectivity index (χ0) is 19.3. The minimum atomic E-state index is -0.516. The molecule has 0 radical (unpaired) electrons. The minimum Gasteiger partial charge on any atom is -0.397 e. The van der Waals surface area contributed by atoms with E-state index in [0.29, 0.717) is 33.5 Å². The summed E-state index contributed by atoms with van der Waals surface area (Å²) in [4.78, 5) is 16.0. The van der Waals surface area contributed by atoms with Crippen LogP contribution >= 0.6 is 22.9 Å². The van der Waals surface area contributed by atoms with Crippen LogP contribution in [0.15, 0.2) is 24.3 Å². The van der Waals surface area contributed by atoms with Gasteiger partial charge in [0.1, 0.15) is 15.3 Å². The number of nitrogens with zero attached hydrogens (tertiary/aromatic N) is 3. The smallest absolute Gasteiger partial charge is 0.266 e. The third-order valence-corrected chi connectivity index (χ3v) is 6.60. The molecule has 0 unspecified atom stereocenters. The third kappa shape index (κ3) is 2.77. The summed E-state index contributed by atoms with van der Waals surface area (Å²) < 4.78 is 5.75. The van der Waals surface area contributed by atoms with E-state index in [-0.39, 0.29) is 5.91 Å². The number of likely N-dealkylation sites (tertiary alicyclic amines) is 1. The summed E-state index contributed by atoms with van der Waals surface area (Å²) in [5, 5.41) is 9.82. The molecule has 0 atom stereocenters. The number of hydrogen-bond donors (Lipinski definition) is 1. The summed E-state index contributed by atoms with van der Waals surface area (Å²) in [6.07, 6.45) is 0. The molecule has 6 nitrogen and oxygen atoms in total. The first kappa shape index (κ1) is 18.2. The number of aromatic nitrogens is 2. The van der Waals surface area contributed by atoms with Crippen LogP contribution in [0.25, 0.3) is 10.2 Å². The Labute approximate surface area is 165 Å². The van der Waals surface area contributed by atoms with Crippen LogP contribution < -0.4 is 5.73 Å². The lowest BCUT2D eigenvalue weighted by atomic mass is 9.85. The van der Waals surface area contributed by atoms with Crippen LogP contribution in [-0.4, -0.2) is 41.2 Å². The molecule has 1 saturated heterocycles. The molecular formula is C19H19ClN4O2S. The zero-order valence-corrected chi connectivity index (χ0v) is 16.8. The number of fused-ring (bicyclic) bond motifs is 1. The number of nitrogens with two attached hydrogens (primary N) is 1. The maximum atomic E-state index is 13.0. The molecule has 8 heteroatoms. The van der Waals surface area contributed by atoms with Crippen LogP contribution in [0.4, 0.5) is 5.69 Å². The summed E-state index contributed by atoms with van der Waals surface area (Å²) in [7, 11) is 1.66. The first-order valence-electron chi connectivity index (χ1n) is 8.48. The molecule has 2 aromatic heterocycles. The molecule has 3 heterocycles. The number of rotatable bonds is 3. The molecule has 140 valence electrons. The lowest BCUT2D eigenvalue weighted by molar-refractivity contribution is -0.114. The van der Waals surface area contributed by atoms with E-state index in [1.165, 1.54) is 11.3 Å². The quantitative estimate of drug-likeness (QED) is 0.724. The third-order valence-electron chi connectivity index (χ3n) is 5.27. The molecule has 0 bridgehead atoms. The average molecular weight is 403 g/mol. The van der Waals surface area contributed by atoms with Gasteiger partial charge in [0.2, 0.25) is 0 Å². The second kappa shape index (κ2) is 6.44. The van der Waals surface area contributed by atoms with Crippen LogP contribution in [-0.2, 0) is 10.3 Å². The van der Waals surface area contributed by atoms with Crippen molar-refractivity contribution in [3.63, 3.8) is 0 Å². The second-order valence-corrected chi connectivity index (χ2v) is 8.24. The van der Waals surface area contributed by atoms with Gasteiger partial charge in [-0.3, -0.25) is 4.79 Å². The summed E-state index contributed by atoms with van der Waals surface area (Å²) >= 11 is 7.27. The van der Waals surface area contributed by atoms with E-state index in [0.717, 1.165) is 22.2 Å². The van der Waals surface area contributed by atoms with E-state index >= 15 is 0 Å². The van der Waals surface area contributed by atoms with Crippen LogP contribution in [0.5, 0.6) is 0 Å². The van der Waals surface area contributed by atoms with Crippen molar-refractivity contribution < 1.29 is 9.53 Å². The first-order chi connectivity index (χ1) is 12.9. The molecule has 0 spiro atoms. The van der Waals surface area contributed by atoms with E-state index in [4.69, 9.17) is 22.1 Å². The van der Waals surface area contributed by atoms with Crippen molar-refractivity contribution >= 4 is 44.7 Å². The molecule has 0 saturated carbocycles. The summed E-state index contributed by atoms with van der Waals surface area (Å²) in [5.74, 6) is -0.103. The maximum absolute atomic E-state index is 13.0. The summed E-state index contributed by atoms with van der Waals surface area (Å²) in [5.41, 5.74) is 9.05. The number of benzene rings is 1. The van der Waals surface area contributed by atoms with Crippen molar-refractivity contribution in [1.82, 2.24) is 15.1 Å². The van der Waals surface area contributed by atoms with E-state index in [1.807, 2.05) is 38.1 Å². The van der Waals surface area contributed by atoms with Gasteiger partial charge in [0, 0.05) is 17.5 Å². The van der Waals surface area contributed by atoms with Gasteiger partial charge in [-0.05, 0) is 37.1 Å². The number of amides is 1. The fourth-order valence-corrected chi connectivity index (χ4v) is 4.63. The number of carbonyl (C=O) groups excluding carboxylic acids is 1. The van der Waals surface area contributed by atoms with Crippen molar-refractivity contribution in [2.45, 2.75) is 19.4 Å². The number of methoxy groups -OCH3 is 1. The second-order valence-electron chi connectivity index (χ2n) is 6.80. The number of hydrogen-bond acceptors (Lipinski definition) is 6. The van der Waals surface area contributed by atoms with Crippen LogP contribution in [0.1, 0.15) is 26.5 Å². The lowest BCUT2D eigenvalue weighted by Crippen LogP contribution is -2.62. The average Bonchev–Trinajstić information content (AvgIpc) is 2.96. The predicted octanol–water partition coefficient (Wildman–Crippen LogP) is 3.54. The SMILES string of the molecule is COC1(c2ccc(Cl)cc2)CN(C(=O)c2sc3nnc(C)c(C)c3c2N)C1. The highest BCUT2D eigenvalue weighted by atomic mass is 35.5. The monoisotopic (exact) mass is 402 g/mol. The van der Waals surface area contributed by atoms with E-state index in [9.17, 15) is 4.79 Å². The molecule has 1 fully saturated rings. The summed E-state index contributed by atoms with van der Waals surface area (Å²) in [6, 6.07) is 7.53. The van der Waals surface area contributed by atoms with Gasteiger partial charge in [0.05, 0.1) is 24.5 Å². The predicted molar refractivity (Wildman–Crippen MR) is 107 cm³/mol. The van der Waals surface area contributed by atoms with Crippen LogP contribution in [0.2, 0.25) is 5.02 Å². The highest BCUT2D eigenvalue weighted by Crippen LogP contribution is 2.40. The van der Waals surface area contributed by atoms with Gasteiger partial charge < -0.3 is 15.4 Å². The van der Waals surface area contributed by atoms with E-state index in [2.05, 4.69) is 10.2 Å². The Balaban J connectivity index is 1.62. The molecule has 1 aromatic carbocycles. The van der Waals surface area contributed by atoms with Gasteiger partial charge in [0.25, 0.3) is 5.91 Å². The highest BCUT2D eigenvalue weighted by Gasteiger charge is 2.47. The number of carbonyl (C=O) groups is 1. The normalized spacial score (nSPS) is 15.8. The Morgan fingerprint density at radius 1 is 1.26 bits per heavy atom. The van der Waals surface area contributed by atoms with Gasteiger partial charge in [-0.15, -0.1) is 16.4 Å². The summed E-state index contributed by atoms with van der Waals surface area (Å²) in [6.45, 7) is 4.75. The van der Waals surface area contributed by atoms with E-state index in [1.54, 1.807) is 12.0 Å². The fraction of sp³-hybridized carbons (Fsp3) is 0.316. The minimum absolute atomic E-state index is 0.103. The largest absolute Gasteiger partial charge is 0.397 e. The van der Waals surface area contributed by atoms with Gasteiger partial charge in [-0.25, -0.2) is 0 Å². The number of thiophene rings is 1. The van der Waals surface area contributed by atoms with Crippen molar-refractivity contribution in [3.05, 3.63) is 51.0 Å². The fourth-order valence-electron chi connectivity index (χ4n) is 3.44. The Morgan fingerprint density at radius 3 is 2.56 bits per heavy atom. The molecule has 2 N–H and O–H groups in total. The van der Waals surface area contributed by atoms with Crippen molar-refractivity contribution in [3.8, 4) is 0 Å². The van der Waals surface area contributed by atoms with Crippen LogP contribution in [0.3, 0.4) is 0 Å². The van der Waals surface area contributed by atoms with Crippen molar-refractivity contribution in [1.29, 1.82) is 0 Å². The topological polar surface area (TPSA) is 81.3 Å². The molecule has 0 aliphatic carbocycles. The molecule has 4 rings (SSSR count). The Morgan fingerprint density at radius 2 is 1.93 bits per heavy atom. The molecule has 1 aliphatic rings. The molecule has 1 aliphatic heterocycles. The highest BCUT2D eigenvalue weighted by molar-refractivity contribution is 7.21. The number of ether oxygens (including phenoxy) is 1. The van der Waals surface area contributed by atoms with Crippen LogP contribution in [0, 0.1) is 13.8 Å². The molecular weight excluding hydrogens is 384 g/mol. The van der Waals surface area contributed by atoms with E-state index < -0.39 is 5.60 Å². The van der Waals surface area contributed by atoms with Gasteiger partial charge in [-0.1, -0.05) is 23.7 Å².